The number of Topliss-reactive ketones (excluding diaryl/α,β-unsaturated/α-hetero) is 1. The molecule has 0 radical (unpaired) electrons. The van der Waals surface area contributed by atoms with Gasteiger partial charge in [-0.15, -0.1) is 0 Å². The van der Waals surface area contributed by atoms with Crippen molar-refractivity contribution in [3.8, 4) is 5.75 Å². The number of ketones is 1. The van der Waals surface area contributed by atoms with Gasteiger partial charge < -0.3 is 14.6 Å². The van der Waals surface area contributed by atoms with E-state index < -0.39 is 5.82 Å². The van der Waals surface area contributed by atoms with Crippen molar-refractivity contribution in [2.75, 3.05) is 6.54 Å². The van der Waals surface area contributed by atoms with Gasteiger partial charge in [0, 0.05) is 25.8 Å². The summed E-state index contributed by atoms with van der Waals surface area (Å²) < 4.78 is 14.8. The van der Waals surface area contributed by atoms with Gasteiger partial charge in [-0.3, -0.25) is 9.59 Å². The topological polar surface area (TPSA) is 62.5 Å². The summed E-state index contributed by atoms with van der Waals surface area (Å²) in [6.45, 7) is 2.48. The highest BCUT2D eigenvalue weighted by Gasteiger charge is 2.31. The molecule has 0 aliphatic carbocycles. The number of hydrogen-bond acceptors (Lipinski definition) is 3. The molecule has 1 amide bonds. The molecule has 7 heteroatoms. The second-order valence-corrected chi connectivity index (χ2v) is 5.87. The maximum absolute atomic E-state index is 13.2. The molecule has 0 saturated carbocycles. The van der Waals surface area contributed by atoms with Crippen LogP contribution in [0.4, 0.5) is 4.39 Å². The lowest BCUT2D eigenvalue weighted by Gasteiger charge is -2.28. The maximum atomic E-state index is 13.2. The zero-order chi connectivity index (χ0) is 16.7. The van der Waals surface area contributed by atoms with E-state index in [4.69, 9.17) is 11.6 Å². The molecule has 5 nitrogen and oxygen atoms in total. The SMILES string of the molecule is CC(=O)c1cn2c(c1O)C(=O)N(Cc1ccc(F)c(Cl)c1)CC2. The molecule has 0 saturated heterocycles. The third-order valence-electron chi connectivity index (χ3n) is 3.89. The molecule has 23 heavy (non-hydrogen) atoms. The number of benzene rings is 1. The van der Waals surface area contributed by atoms with E-state index in [1.54, 1.807) is 10.6 Å². The highest BCUT2D eigenvalue weighted by molar-refractivity contribution is 6.30. The molecule has 1 aromatic heterocycles. The molecule has 0 spiro atoms. The summed E-state index contributed by atoms with van der Waals surface area (Å²) in [5.74, 6) is -1.47. The van der Waals surface area contributed by atoms with Crippen LogP contribution < -0.4 is 0 Å². The van der Waals surface area contributed by atoms with Crippen molar-refractivity contribution in [2.45, 2.75) is 20.0 Å². The Labute approximate surface area is 136 Å². The van der Waals surface area contributed by atoms with Gasteiger partial charge in [0.2, 0.25) is 0 Å². The fourth-order valence-electron chi connectivity index (χ4n) is 2.69. The van der Waals surface area contributed by atoms with E-state index in [0.717, 1.165) is 0 Å². The molecule has 1 aliphatic rings. The van der Waals surface area contributed by atoms with Crippen LogP contribution in [0.2, 0.25) is 5.02 Å². The third kappa shape index (κ3) is 2.70. The number of carbonyl (C=O) groups excluding carboxylic acids is 2. The largest absolute Gasteiger partial charge is 0.505 e. The average molecular weight is 337 g/mol. The predicted octanol–water partition coefficient (Wildman–Crippen LogP) is 2.84. The summed E-state index contributed by atoms with van der Waals surface area (Å²) in [6.07, 6.45) is 1.50. The number of aromatic hydroxyl groups is 1. The molecular weight excluding hydrogens is 323 g/mol. The Bertz CT molecular complexity index is 816. The number of aromatic nitrogens is 1. The van der Waals surface area contributed by atoms with Gasteiger partial charge in [0.15, 0.2) is 11.5 Å². The third-order valence-corrected chi connectivity index (χ3v) is 4.18. The fourth-order valence-corrected chi connectivity index (χ4v) is 2.90. The first-order valence-corrected chi connectivity index (χ1v) is 7.42. The van der Waals surface area contributed by atoms with Crippen LogP contribution in [-0.2, 0) is 13.1 Å². The first kappa shape index (κ1) is 15.6. The van der Waals surface area contributed by atoms with Gasteiger partial charge in [0.25, 0.3) is 5.91 Å². The highest BCUT2D eigenvalue weighted by Crippen LogP contribution is 2.30. The predicted molar refractivity (Wildman–Crippen MR) is 82.3 cm³/mol. The summed E-state index contributed by atoms with van der Waals surface area (Å²) in [7, 11) is 0. The average Bonchev–Trinajstić information content (AvgIpc) is 2.84. The van der Waals surface area contributed by atoms with Crippen molar-refractivity contribution in [2.24, 2.45) is 0 Å². The van der Waals surface area contributed by atoms with E-state index in [2.05, 4.69) is 0 Å². The monoisotopic (exact) mass is 336 g/mol. The van der Waals surface area contributed by atoms with Crippen LogP contribution in [0.25, 0.3) is 0 Å². The molecule has 120 valence electrons. The standard InChI is InChI=1S/C16H14ClFN2O3/c1-9(21)11-8-19-4-5-20(16(23)14(19)15(11)22)7-10-2-3-13(18)12(17)6-10/h2-3,6,8,22H,4-5,7H2,1H3. The first-order chi connectivity index (χ1) is 10.9. The lowest BCUT2D eigenvalue weighted by atomic mass is 10.1. The van der Waals surface area contributed by atoms with E-state index in [-0.39, 0.29) is 40.3 Å². The van der Waals surface area contributed by atoms with Gasteiger partial charge in [-0.1, -0.05) is 17.7 Å². The number of carbonyl (C=O) groups is 2. The molecule has 0 fully saturated rings. The van der Waals surface area contributed by atoms with Crippen molar-refractivity contribution < 1.29 is 19.1 Å². The second-order valence-electron chi connectivity index (χ2n) is 5.46. The molecule has 0 unspecified atom stereocenters. The van der Waals surface area contributed by atoms with Crippen LogP contribution in [0.15, 0.2) is 24.4 Å². The van der Waals surface area contributed by atoms with Crippen LogP contribution in [0.5, 0.6) is 5.75 Å². The Morgan fingerprint density at radius 1 is 1.39 bits per heavy atom. The first-order valence-electron chi connectivity index (χ1n) is 7.04. The van der Waals surface area contributed by atoms with Gasteiger partial charge in [0.1, 0.15) is 11.5 Å². The number of hydrogen-bond donors (Lipinski definition) is 1. The summed E-state index contributed by atoms with van der Waals surface area (Å²) in [4.78, 5) is 25.6. The Balaban J connectivity index is 1.88. The molecule has 3 rings (SSSR count). The van der Waals surface area contributed by atoms with Crippen LogP contribution in [0.1, 0.15) is 33.3 Å². The van der Waals surface area contributed by atoms with E-state index in [1.807, 2.05) is 0 Å². The minimum atomic E-state index is -0.516. The van der Waals surface area contributed by atoms with Gasteiger partial charge in [-0.25, -0.2) is 4.39 Å². The lowest BCUT2D eigenvalue weighted by molar-refractivity contribution is 0.0687. The minimum absolute atomic E-state index is 0.00273. The molecule has 2 aromatic rings. The summed E-state index contributed by atoms with van der Waals surface area (Å²) >= 11 is 5.75. The molecule has 0 atom stereocenters. The quantitative estimate of drug-likeness (QED) is 0.877. The molecule has 1 aromatic carbocycles. The number of rotatable bonds is 3. The molecule has 0 bridgehead atoms. The van der Waals surface area contributed by atoms with Crippen molar-refractivity contribution in [1.82, 2.24) is 9.47 Å². The number of amides is 1. The Kier molecular flexibility index (Phi) is 3.85. The van der Waals surface area contributed by atoms with Gasteiger partial charge in [-0.2, -0.15) is 0 Å². The molecule has 2 heterocycles. The summed E-state index contributed by atoms with van der Waals surface area (Å²) in [5, 5.41) is 10.1. The Morgan fingerprint density at radius 2 is 2.13 bits per heavy atom. The fraction of sp³-hybridized carbons (Fsp3) is 0.250. The number of halogens is 2. The smallest absolute Gasteiger partial charge is 0.274 e. The van der Waals surface area contributed by atoms with Gasteiger partial charge >= 0.3 is 0 Å². The molecule has 1 N–H and O–H groups in total. The van der Waals surface area contributed by atoms with E-state index in [9.17, 15) is 19.1 Å². The van der Waals surface area contributed by atoms with Crippen molar-refractivity contribution in [3.63, 3.8) is 0 Å². The Hall–Kier alpha value is -2.34. The molecule has 1 aliphatic heterocycles. The van der Waals surface area contributed by atoms with Gasteiger partial charge in [0.05, 0.1) is 10.6 Å². The normalized spacial score (nSPS) is 14.0. The van der Waals surface area contributed by atoms with Crippen LogP contribution >= 0.6 is 11.6 Å². The Morgan fingerprint density at radius 3 is 2.78 bits per heavy atom. The van der Waals surface area contributed by atoms with Gasteiger partial charge in [-0.05, 0) is 24.6 Å². The summed E-state index contributed by atoms with van der Waals surface area (Å²) in [6, 6.07) is 4.28. The number of nitrogens with zero attached hydrogens (tertiary/aromatic N) is 2. The van der Waals surface area contributed by atoms with E-state index in [1.165, 1.54) is 30.2 Å². The lowest BCUT2D eigenvalue weighted by Crippen LogP contribution is -2.39. The highest BCUT2D eigenvalue weighted by atomic mass is 35.5. The van der Waals surface area contributed by atoms with Crippen molar-refractivity contribution >= 4 is 23.3 Å². The minimum Gasteiger partial charge on any atom is -0.505 e. The van der Waals surface area contributed by atoms with Crippen LogP contribution in [0, 0.1) is 5.82 Å². The second kappa shape index (κ2) is 5.70. The summed E-state index contributed by atoms with van der Waals surface area (Å²) in [5.41, 5.74) is 0.936. The van der Waals surface area contributed by atoms with Crippen LogP contribution in [0.3, 0.4) is 0 Å². The van der Waals surface area contributed by atoms with Crippen LogP contribution in [-0.4, -0.2) is 32.8 Å². The zero-order valence-electron chi connectivity index (χ0n) is 12.3. The van der Waals surface area contributed by atoms with E-state index >= 15 is 0 Å². The van der Waals surface area contributed by atoms with Crippen molar-refractivity contribution in [1.29, 1.82) is 0 Å². The maximum Gasteiger partial charge on any atom is 0.274 e. The zero-order valence-corrected chi connectivity index (χ0v) is 13.1. The molecular formula is C16H14ClFN2O3. The van der Waals surface area contributed by atoms with Crippen molar-refractivity contribution in [3.05, 3.63) is 52.1 Å². The van der Waals surface area contributed by atoms with E-state index in [0.29, 0.717) is 18.7 Å². The number of fused-ring (bicyclic) bond motifs is 1.